The van der Waals surface area contributed by atoms with E-state index in [-0.39, 0.29) is 18.3 Å². The fourth-order valence-corrected chi connectivity index (χ4v) is 0. The Morgan fingerprint density at radius 1 is 0.625 bits per heavy atom. The third kappa shape index (κ3) is 74200. The van der Waals surface area contributed by atoms with Gasteiger partial charge in [-0.2, -0.15) is 0 Å². The quantitative estimate of drug-likeness (QED) is 0.320. The van der Waals surface area contributed by atoms with Crippen LogP contribution in [0.1, 0.15) is 41.5 Å². The van der Waals surface area contributed by atoms with Gasteiger partial charge in [-0.3, -0.25) is 7.32 Å². The maximum Gasteiger partial charge on any atom is 0.147 e. The molecule has 102 valence electrons. The molecule has 0 atom stereocenters. The van der Waals surface area contributed by atoms with Crippen LogP contribution < -0.4 is 15.1 Å². The highest BCUT2D eigenvalue weighted by Gasteiger charge is 1.76. The van der Waals surface area contributed by atoms with Crippen LogP contribution in [0.5, 0.6) is 0 Å². The number of hydrogen-bond donors (Lipinski definition) is 0. The maximum atomic E-state index is 8.42. The van der Waals surface area contributed by atoms with Gasteiger partial charge >= 0.3 is 0 Å². The molecule has 0 aromatic rings. The van der Waals surface area contributed by atoms with Gasteiger partial charge in [0.05, 0.1) is 0 Å². The highest BCUT2D eigenvalue weighted by molar-refractivity contribution is 6.24. The molecule has 0 bridgehead atoms. The highest BCUT2D eigenvalue weighted by atomic mass is 16.5. The van der Waals surface area contributed by atoms with Crippen LogP contribution in [-0.4, -0.2) is 41.0 Å². The van der Waals surface area contributed by atoms with E-state index < -0.39 is 7.32 Å². The van der Waals surface area contributed by atoms with E-state index in [1.165, 1.54) is 0 Å². The first-order valence-corrected chi connectivity index (χ1v) is 5.04. The molecule has 0 aliphatic heterocycles. The summed E-state index contributed by atoms with van der Waals surface area (Å²) in [6.07, 6.45) is 0.250. The van der Waals surface area contributed by atoms with Crippen molar-refractivity contribution < 1.29 is 30.4 Å². The molecule has 6 nitrogen and oxygen atoms in total. The number of hydrogen-bond acceptors (Lipinski definition) is 3. The van der Waals surface area contributed by atoms with Crippen LogP contribution in [0.4, 0.5) is 0 Å². The molecule has 7 heteroatoms. The van der Waals surface area contributed by atoms with Crippen molar-refractivity contribution >= 4 is 7.32 Å². The van der Waals surface area contributed by atoms with Crippen molar-refractivity contribution in [3.05, 3.63) is 0 Å². The van der Waals surface area contributed by atoms with Gasteiger partial charge in [0.2, 0.25) is 0 Å². The van der Waals surface area contributed by atoms with E-state index in [4.69, 9.17) is 30.4 Å². The summed E-state index contributed by atoms with van der Waals surface area (Å²) < 4.78 is 0. The van der Waals surface area contributed by atoms with Crippen molar-refractivity contribution in [3.63, 3.8) is 0 Å². The molecular weight excluding hydrogens is 215 g/mol. The van der Waals surface area contributed by atoms with E-state index in [0.29, 0.717) is 0 Å². The monoisotopic (exact) mass is 242 g/mol. The molecule has 0 rings (SSSR count). The first-order valence-electron chi connectivity index (χ1n) is 5.04. The first kappa shape index (κ1) is 24.9. The molecule has 0 aliphatic rings. The Balaban J connectivity index is -0.0000000600. The Bertz CT molecular complexity index is 63.0. The van der Waals surface area contributed by atoms with Crippen molar-refractivity contribution in [3.8, 4) is 0 Å². The van der Waals surface area contributed by atoms with E-state index in [1.54, 1.807) is 0 Å². The van der Waals surface area contributed by atoms with Gasteiger partial charge in [0.1, 0.15) is 18.3 Å². The molecule has 0 radical (unpaired) electrons. The van der Waals surface area contributed by atoms with Crippen LogP contribution in [-0.2, 0) is 0 Å². The summed E-state index contributed by atoms with van der Waals surface area (Å²) >= 11 is 0. The van der Waals surface area contributed by atoms with Crippen molar-refractivity contribution in [1.29, 1.82) is 0 Å². The third-order valence-corrected chi connectivity index (χ3v) is 0. The average molecular weight is 242 g/mol. The molecule has 0 saturated heterocycles. The topological polar surface area (TPSA) is 138 Å². The normalized spacial score (nSPS) is 8.44. The summed E-state index contributed by atoms with van der Waals surface area (Å²) in [6, 6.07) is 0. The van der Waals surface area contributed by atoms with Crippen molar-refractivity contribution in [2.75, 3.05) is 0 Å². The van der Waals surface area contributed by atoms with Gasteiger partial charge in [0, 0.05) is 41.5 Å². The fraction of sp³-hybridized carbons (Fsp3) is 1.00. The SMILES string of the molecule is CC(C)[OH2+].CC(C)[OH2+].CC(C)[OH2+].[O-]B([O-])[O-]. The standard InChI is InChI=1S/3C3H8O.BO3/c3*1-3(2)4;2-1(3)4/h3*3-4H,1-2H3;/q;;;-3/p+3. The lowest BCUT2D eigenvalue weighted by Gasteiger charge is -2.35. The van der Waals surface area contributed by atoms with Crippen LogP contribution in [0, 0.1) is 0 Å². The number of rotatable bonds is 0. The van der Waals surface area contributed by atoms with Gasteiger partial charge in [-0.25, -0.2) is 0 Å². The van der Waals surface area contributed by atoms with E-state index in [9.17, 15) is 0 Å². The molecule has 0 spiro atoms. The predicted octanol–water partition coefficient (Wildman–Crippen LogP) is -3.59. The van der Waals surface area contributed by atoms with Gasteiger partial charge in [-0.05, 0) is 0 Å². The summed E-state index contributed by atoms with van der Waals surface area (Å²) in [5, 5.41) is 45.0. The van der Waals surface area contributed by atoms with Gasteiger partial charge in [-0.15, -0.1) is 0 Å². The zero-order valence-electron chi connectivity index (χ0n) is 11.0. The van der Waals surface area contributed by atoms with Crippen LogP contribution in [0.15, 0.2) is 0 Å². The minimum absolute atomic E-state index is 0.0833. The second kappa shape index (κ2) is 20.3. The first-order chi connectivity index (χ1) is 6.93. The molecule has 0 aromatic carbocycles. The summed E-state index contributed by atoms with van der Waals surface area (Å²) in [4.78, 5) is 0. The Morgan fingerprint density at radius 3 is 0.625 bits per heavy atom. The summed E-state index contributed by atoms with van der Waals surface area (Å²) in [6.45, 7) is 11.0. The lowest BCUT2D eigenvalue weighted by atomic mass is 10.3. The Hall–Kier alpha value is -0.175. The van der Waals surface area contributed by atoms with E-state index >= 15 is 0 Å². The second-order valence-electron chi connectivity index (χ2n) is 3.75. The van der Waals surface area contributed by atoms with Crippen molar-refractivity contribution in [2.24, 2.45) is 0 Å². The Labute approximate surface area is 98.4 Å². The lowest BCUT2D eigenvalue weighted by molar-refractivity contribution is -0.479. The maximum absolute atomic E-state index is 8.42. The smallest absolute Gasteiger partial charge is 0.147 e. The van der Waals surface area contributed by atoms with E-state index in [2.05, 4.69) is 0 Å². The van der Waals surface area contributed by atoms with E-state index in [1.807, 2.05) is 41.5 Å². The summed E-state index contributed by atoms with van der Waals surface area (Å²) in [5.41, 5.74) is 0. The van der Waals surface area contributed by atoms with Gasteiger partial charge in [-0.1, -0.05) is 0 Å². The average Bonchev–Trinajstić information content (AvgIpc) is 1.76. The van der Waals surface area contributed by atoms with Gasteiger partial charge in [0.25, 0.3) is 0 Å². The minimum Gasteiger partial charge on any atom is -0.907 e. The minimum atomic E-state index is -2.92. The molecule has 16 heavy (non-hydrogen) atoms. The van der Waals surface area contributed by atoms with Crippen molar-refractivity contribution in [2.45, 2.75) is 59.9 Å². The molecule has 0 amide bonds. The van der Waals surface area contributed by atoms with Crippen molar-refractivity contribution in [1.82, 2.24) is 0 Å². The summed E-state index contributed by atoms with van der Waals surface area (Å²) in [5.74, 6) is 0. The van der Waals surface area contributed by atoms with Crippen LogP contribution >= 0.6 is 0 Å². The lowest BCUT2D eigenvalue weighted by Crippen LogP contribution is -2.56. The molecule has 0 saturated carbocycles. The Kier molecular flexibility index (Phi) is 31.5. The third-order valence-electron chi connectivity index (χ3n) is 0. The molecule has 0 heterocycles. The zero-order chi connectivity index (χ0) is 14.3. The van der Waals surface area contributed by atoms with Crippen LogP contribution in [0.25, 0.3) is 0 Å². The predicted molar refractivity (Wildman–Crippen MR) is 62.0 cm³/mol. The summed E-state index contributed by atoms with van der Waals surface area (Å²) in [7, 11) is -2.92. The second-order valence-corrected chi connectivity index (χ2v) is 3.75. The van der Waals surface area contributed by atoms with E-state index in [0.717, 1.165) is 0 Å². The van der Waals surface area contributed by atoms with Gasteiger partial charge in [0.15, 0.2) is 0 Å². The highest BCUT2D eigenvalue weighted by Crippen LogP contribution is 1.65. The molecule has 6 N–H and O–H groups in total. The zero-order valence-corrected chi connectivity index (χ0v) is 11.0. The fourth-order valence-electron chi connectivity index (χ4n) is 0. The Morgan fingerprint density at radius 2 is 0.625 bits per heavy atom. The van der Waals surface area contributed by atoms with Crippen LogP contribution in [0.2, 0.25) is 0 Å². The van der Waals surface area contributed by atoms with Gasteiger partial charge < -0.3 is 30.4 Å². The molecule has 0 unspecified atom stereocenters. The van der Waals surface area contributed by atoms with Crippen LogP contribution in [0.3, 0.4) is 0 Å². The molecule has 0 aromatic heterocycles. The molecule has 0 aliphatic carbocycles. The largest absolute Gasteiger partial charge is 0.907 e. The molecule has 0 fully saturated rings. The molecular formula is C9H27BO6.